The van der Waals surface area contributed by atoms with Gasteiger partial charge in [0.1, 0.15) is 11.9 Å². The molecular weight excluding hydrogens is 219 g/mol. The standard InChI is InChI=1S/C13H17FN2O/c14-13-11(9-15)5-4-6-12(13)10-16-7-2-1-3-8-17/h4-6,16-17H,1-3,7-8,10H2. The predicted octanol–water partition coefficient (Wildman–Crippen LogP) is 1.95. The van der Waals surface area contributed by atoms with Gasteiger partial charge in [0.25, 0.3) is 0 Å². The van der Waals surface area contributed by atoms with Crippen molar-refractivity contribution in [3.8, 4) is 6.07 Å². The average molecular weight is 236 g/mol. The Morgan fingerprint density at radius 3 is 2.82 bits per heavy atom. The predicted molar refractivity (Wildman–Crippen MR) is 63.8 cm³/mol. The molecule has 0 heterocycles. The summed E-state index contributed by atoms with van der Waals surface area (Å²) in [4.78, 5) is 0. The largest absolute Gasteiger partial charge is 0.396 e. The minimum atomic E-state index is -0.433. The van der Waals surface area contributed by atoms with E-state index < -0.39 is 5.82 Å². The Kier molecular flexibility index (Phi) is 6.23. The number of nitrogens with one attached hydrogen (secondary N) is 1. The van der Waals surface area contributed by atoms with Crippen molar-refractivity contribution in [2.24, 2.45) is 0 Å². The highest BCUT2D eigenvalue weighted by Gasteiger charge is 2.06. The summed E-state index contributed by atoms with van der Waals surface area (Å²) in [7, 11) is 0. The second-order valence-corrected chi connectivity index (χ2v) is 3.85. The average Bonchev–Trinajstić information content (AvgIpc) is 2.35. The van der Waals surface area contributed by atoms with Gasteiger partial charge in [-0.25, -0.2) is 4.39 Å². The van der Waals surface area contributed by atoms with Crippen LogP contribution in [-0.4, -0.2) is 18.3 Å². The van der Waals surface area contributed by atoms with Crippen LogP contribution in [-0.2, 0) is 6.54 Å². The molecule has 0 atom stereocenters. The van der Waals surface area contributed by atoms with E-state index in [0.29, 0.717) is 12.1 Å². The second kappa shape index (κ2) is 7.77. The van der Waals surface area contributed by atoms with Crippen LogP contribution in [0.15, 0.2) is 18.2 Å². The van der Waals surface area contributed by atoms with E-state index in [1.807, 2.05) is 6.07 Å². The Morgan fingerprint density at radius 1 is 1.29 bits per heavy atom. The van der Waals surface area contributed by atoms with Gasteiger partial charge < -0.3 is 10.4 Å². The molecule has 2 N–H and O–H groups in total. The molecule has 3 nitrogen and oxygen atoms in total. The van der Waals surface area contributed by atoms with Gasteiger partial charge >= 0.3 is 0 Å². The quantitative estimate of drug-likeness (QED) is 0.711. The number of unbranched alkanes of at least 4 members (excludes halogenated alkanes) is 2. The Hall–Kier alpha value is -1.44. The highest BCUT2D eigenvalue weighted by molar-refractivity contribution is 5.34. The van der Waals surface area contributed by atoms with Gasteiger partial charge in [-0.1, -0.05) is 12.1 Å². The molecule has 0 bridgehead atoms. The van der Waals surface area contributed by atoms with Gasteiger partial charge in [-0.2, -0.15) is 5.26 Å². The zero-order valence-corrected chi connectivity index (χ0v) is 9.75. The molecule has 0 aliphatic rings. The normalized spacial score (nSPS) is 10.2. The van der Waals surface area contributed by atoms with Crippen LogP contribution in [0.25, 0.3) is 0 Å². The van der Waals surface area contributed by atoms with Crippen LogP contribution in [0.2, 0.25) is 0 Å². The van der Waals surface area contributed by atoms with E-state index in [2.05, 4.69) is 5.32 Å². The van der Waals surface area contributed by atoms with Crippen LogP contribution in [0.3, 0.4) is 0 Å². The zero-order valence-electron chi connectivity index (χ0n) is 9.75. The second-order valence-electron chi connectivity index (χ2n) is 3.85. The van der Waals surface area contributed by atoms with Crippen molar-refractivity contribution < 1.29 is 9.50 Å². The molecule has 1 aromatic carbocycles. The smallest absolute Gasteiger partial charge is 0.145 e. The molecule has 1 rings (SSSR count). The minimum absolute atomic E-state index is 0.0876. The van der Waals surface area contributed by atoms with Crippen molar-refractivity contribution in [2.75, 3.05) is 13.2 Å². The molecule has 0 radical (unpaired) electrons. The molecule has 0 fully saturated rings. The number of nitriles is 1. The van der Waals surface area contributed by atoms with Crippen molar-refractivity contribution in [3.63, 3.8) is 0 Å². The van der Waals surface area contributed by atoms with Crippen molar-refractivity contribution >= 4 is 0 Å². The topological polar surface area (TPSA) is 56.0 Å². The third-order valence-corrected chi connectivity index (χ3v) is 2.53. The molecular formula is C13H17FN2O. The van der Waals surface area contributed by atoms with Crippen LogP contribution in [0.4, 0.5) is 4.39 Å². The van der Waals surface area contributed by atoms with E-state index in [-0.39, 0.29) is 12.2 Å². The van der Waals surface area contributed by atoms with Gasteiger partial charge in [0.15, 0.2) is 0 Å². The summed E-state index contributed by atoms with van der Waals surface area (Å²) in [6.45, 7) is 1.44. The highest BCUT2D eigenvalue weighted by atomic mass is 19.1. The Balaban J connectivity index is 2.35. The number of benzene rings is 1. The summed E-state index contributed by atoms with van der Waals surface area (Å²) >= 11 is 0. The molecule has 17 heavy (non-hydrogen) atoms. The van der Waals surface area contributed by atoms with Crippen LogP contribution in [0.5, 0.6) is 0 Å². The Labute approximate surface area is 101 Å². The van der Waals surface area contributed by atoms with E-state index in [4.69, 9.17) is 10.4 Å². The van der Waals surface area contributed by atoms with Crippen LogP contribution in [0, 0.1) is 17.1 Å². The van der Waals surface area contributed by atoms with Crippen molar-refractivity contribution in [3.05, 3.63) is 35.1 Å². The maximum Gasteiger partial charge on any atom is 0.145 e. The van der Waals surface area contributed by atoms with Crippen molar-refractivity contribution in [1.82, 2.24) is 5.32 Å². The number of aliphatic hydroxyl groups is 1. The molecule has 0 spiro atoms. The third kappa shape index (κ3) is 4.51. The molecule has 0 unspecified atom stereocenters. The fourth-order valence-electron chi connectivity index (χ4n) is 1.56. The van der Waals surface area contributed by atoms with E-state index in [0.717, 1.165) is 25.8 Å². The first-order valence-corrected chi connectivity index (χ1v) is 5.78. The van der Waals surface area contributed by atoms with E-state index in [9.17, 15) is 4.39 Å². The summed E-state index contributed by atoms with van der Waals surface area (Å²) in [6.07, 6.45) is 2.73. The van der Waals surface area contributed by atoms with Crippen LogP contribution < -0.4 is 5.32 Å². The molecule has 0 saturated carbocycles. The first-order chi connectivity index (χ1) is 8.29. The summed E-state index contributed by atoms with van der Waals surface area (Å²) < 4.78 is 13.6. The molecule has 0 amide bonds. The number of rotatable bonds is 7. The lowest BCUT2D eigenvalue weighted by Gasteiger charge is -2.06. The molecule has 92 valence electrons. The Bertz CT molecular complexity index is 387. The molecule has 0 saturated heterocycles. The van der Waals surface area contributed by atoms with Gasteiger partial charge in [-0.05, 0) is 31.9 Å². The lowest BCUT2D eigenvalue weighted by atomic mass is 10.1. The highest BCUT2D eigenvalue weighted by Crippen LogP contribution is 2.11. The van der Waals surface area contributed by atoms with Gasteiger partial charge in [-0.15, -0.1) is 0 Å². The van der Waals surface area contributed by atoms with E-state index >= 15 is 0 Å². The fraction of sp³-hybridized carbons (Fsp3) is 0.462. The van der Waals surface area contributed by atoms with Crippen LogP contribution >= 0.6 is 0 Å². The van der Waals surface area contributed by atoms with Crippen molar-refractivity contribution in [2.45, 2.75) is 25.8 Å². The maximum absolute atomic E-state index is 13.6. The molecule has 4 heteroatoms. The van der Waals surface area contributed by atoms with Gasteiger partial charge in [-0.3, -0.25) is 0 Å². The van der Waals surface area contributed by atoms with Crippen LogP contribution in [0.1, 0.15) is 30.4 Å². The lowest BCUT2D eigenvalue weighted by molar-refractivity contribution is 0.283. The summed E-state index contributed by atoms with van der Waals surface area (Å²) in [5.74, 6) is -0.433. The lowest BCUT2D eigenvalue weighted by Crippen LogP contribution is -2.16. The zero-order chi connectivity index (χ0) is 12.5. The van der Waals surface area contributed by atoms with E-state index in [1.165, 1.54) is 6.07 Å². The monoisotopic (exact) mass is 236 g/mol. The number of halogens is 1. The summed E-state index contributed by atoms with van der Waals surface area (Å²) in [6, 6.07) is 6.66. The molecule has 1 aromatic rings. The fourth-order valence-corrected chi connectivity index (χ4v) is 1.56. The number of hydrogen-bond donors (Lipinski definition) is 2. The first-order valence-electron chi connectivity index (χ1n) is 5.78. The molecule has 0 aromatic heterocycles. The van der Waals surface area contributed by atoms with Gasteiger partial charge in [0, 0.05) is 18.7 Å². The van der Waals surface area contributed by atoms with E-state index in [1.54, 1.807) is 12.1 Å². The summed E-state index contributed by atoms with van der Waals surface area (Å²) in [5, 5.41) is 20.4. The number of hydrogen-bond acceptors (Lipinski definition) is 3. The van der Waals surface area contributed by atoms with Gasteiger partial charge in [0.2, 0.25) is 0 Å². The summed E-state index contributed by atoms with van der Waals surface area (Å²) in [5.41, 5.74) is 0.607. The first kappa shape index (κ1) is 13.6. The molecule has 0 aliphatic carbocycles. The molecule has 0 aliphatic heterocycles. The minimum Gasteiger partial charge on any atom is -0.396 e. The Morgan fingerprint density at radius 2 is 2.12 bits per heavy atom. The van der Waals surface area contributed by atoms with Gasteiger partial charge in [0.05, 0.1) is 5.56 Å². The van der Waals surface area contributed by atoms with Crippen molar-refractivity contribution in [1.29, 1.82) is 5.26 Å². The SMILES string of the molecule is N#Cc1cccc(CNCCCCCO)c1F. The maximum atomic E-state index is 13.6. The number of aliphatic hydroxyl groups excluding tert-OH is 1. The third-order valence-electron chi connectivity index (χ3n) is 2.53. The number of nitrogens with zero attached hydrogens (tertiary/aromatic N) is 1.